The van der Waals surface area contributed by atoms with Crippen LogP contribution in [0.3, 0.4) is 0 Å². The van der Waals surface area contributed by atoms with Crippen molar-refractivity contribution in [3.63, 3.8) is 0 Å². The first-order chi connectivity index (χ1) is 10.1. The summed E-state index contributed by atoms with van der Waals surface area (Å²) in [5.74, 6) is 0.101. The Bertz CT molecular complexity index is 510. The number of rotatable bonds is 5. The van der Waals surface area contributed by atoms with Crippen molar-refractivity contribution in [2.75, 3.05) is 33.7 Å². The molecule has 116 valence electrons. The molecule has 6 heteroatoms. The molecule has 2 aliphatic rings. The third kappa shape index (κ3) is 3.27. The van der Waals surface area contributed by atoms with Crippen molar-refractivity contribution in [2.24, 2.45) is 0 Å². The predicted octanol–water partition coefficient (Wildman–Crippen LogP) is 0.151. The maximum atomic E-state index is 12.1. The molecule has 0 spiro atoms. The average Bonchev–Trinajstić information content (AvgIpc) is 3.12. The molecule has 1 fully saturated rings. The molecule has 2 N–H and O–H groups in total. The number of amides is 1. The van der Waals surface area contributed by atoms with Crippen LogP contribution in [-0.2, 0) is 24.2 Å². The van der Waals surface area contributed by atoms with Crippen molar-refractivity contribution in [3.05, 3.63) is 17.0 Å². The van der Waals surface area contributed by atoms with E-state index in [9.17, 15) is 4.79 Å². The molecule has 21 heavy (non-hydrogen) atoms. The zero-order valence-corrected chi connectivity index (χ0v) is 13.0. The van der Waals surface area contributed by atoms with Crippen LogP contribution in [0.15, 0.2) is 0 Å². The summed E-state index contributed by atoms with van der Waals surface area (Å²) in [5.41, 5.74) is 3.60. The maximum absolute atomic E-state index is 12.1. The summed E-state index contributed by atoms with van der Waals surface area (Å²) in [5, 5.41) is 10.4. The summed E-state index contributed by atoms with van der Waals surface area (Å²) in [4.78, 5) is 16.5. The molecule has 1 aliphatic carbocycles. The second-order valence-electron chi connectivity index (χ2n) is 6.40. The average molecular weight is 291 g/mol. The standard InChI is InChI=1S/C15H25N5O/c1-19(2)11-6-7-20(9-11)10-15(21)16-8-14-12-4-3-5-13(12)17-18-14/h11H,3-10H2,1-2H3,(H,16,21)(H,17,18). The number of hydrogen-bond donors (Lipinski definition) is 2. The lowest BCUT2D eigenvalue weighted by molar-refractivity contribution is -0.122. The molecule has 6 nitrogen and oxygen atoms in total. The predicted molar refractivity (Wildman–Crippen MR) is 81.0 cm³/mol. The van der Waals surface area contributed by atoms with Gasteiger partial charge in [0.1, 0.15) is 0 Å². The number of nitrogens with one attached hydrogen (secondary N) is 2. The Morgan fingerprint density at radius 1 is 1.48 bits per heavy atom. The first-order valence-electron chi connectivity index (χ1n) is 7.84. The van der Waals surface area contributed by atoms with Crippen molar-refractivity contribution in [1.82, 2.24) is 25.3 Å². The van der Waals surface area contributed by atoms with E-state index in [1.165, 1.54) is 17.7 Å². The van der Waals surface area contributed by atoms with Crippen LogP contribution in [0.2, 0.25) is 0 Å². The van der Waals surface area contributed by atoms with Gasteiger partial charge in [-0.25, -0.2) is 0 Å². The van der Waals surface area contributed by atoms with Crippen molar-refractivity contribution >= 4 is 5.91 Å². The number of likely N-dealkylation sites (N-methyl/N-ethyl adjacent to an activating group) is 1. The van der Waals surface area contributed by atoms with Gasteiger partial charge in [-0.3, -0.25) is 14.8 Å². The number of carbonyl (C=O) groups is 1. The van der Waals surface area contributed by atoms with Crippen LogP contribution >= 0.6 is 0 Å². The van der Waals surface area contributed by atoms with Crippen LogP contribution in [0.4, 0.5) is 0 Å². The number of aryl methyl sites for hydroxylation is 1. The van der Waals surface area contributed by atoms with Gasteiger partial charge >= 0.3 is 0 Å². The molecule has 1 atom stereocenters. The monoisotopic (exact) mass is 291 g/mol. The van der Waals surface area contributed by atoms with E-state index >= 15 is 0 Å². The largest absolute Gasteiger partial charge is 0.349 e. The molecular weight excluding hydrogens is 266 g/mol. The molecule has 0 radical (unpaired) electrons. The first kappa shape index (κ1) is 14.5. The second-order valence-corrected chi connectivity index (χ2v) is 6.40. The number of carbonyl (C=O) groups excluding carboxylic acids is 1. The molecule has 1 aliphatic heterocycles. The molecule has 1 aromatic heterocycles. The number of aromatic amines is 1. The highest BCUT2D eigenvalue weighted by atomic mass is 16.2. The number of hydrogen-bond acceptors (Lipinski definition) is 4. The van der Waals surface area contributed by atoms with Crippen molar-refractivity contribution in [1.29, 1.82) is 0 Å². The van der Waals surface area contributed by atoms with E-state index in [4.69, 9.17) is 0 Å². The summed E-state index contributed by atoms with van der Waals surface area (Å²) >= 11 is 0. The van der Waals surface area contributed by atoms with Gasteiger partial charge in [-0.2, -0.15) is 5.10 Å². The minimum absolute atomic E-state index is 0.101. The Labute approximate surface area is 125 Å². The highest BCUT2D eigenvalue weighted by molar-refractivity contribution is 5.78. The lowest BCUT2D eigenvalue weighted by Crippen LogP contribution is -2.38. The number of likely N-dealkylation sites (tertiary alicyclic amines) is 1. The molecule has 0 aromatic carbocycles. The summed E-state index contributed by atoms with van der Waals surface area (Å²) in [7, 11) is 4.21. The fourth-order valence-electron chi connectivity index (χ4n) is 3.35. The normalized spacial score (nSPS) is 22.0. The molecule has 1 amide bonds. The summed E-state index contributed by atoms with van der Waals surface area (Å²) in [6.07, 6.45) is 4.53. The zero-order chi connectivity index (χ0) is 14.8. The van der Waals surface area contributed by atoms with Crippen LogP contribution < -0.4 is 5.32 Å². The van der Waals surface area contributed by atoms with Gasteiger partial charge in [0, 0.05) is 24.8 Å². The summed E-state index contributed by atoms with van der Waals surface area (Å²) in [6.45, 7) is 3.04. The molecule has 1 saturated heterocycles. The van der Waals surface area contributed by atoms with Crippen molar-refractivity contribution in [3.8, 4) is 0 Å². The zero-order valence-electron chi connectivity index (χ0n) is 13.0. The fourth-order valence-corrected chi connectivity index (χ4v) is 3.35. The van der Waals surface area contributed by atoms with Crippen LogP contribution in [0.25, 0.3) is 0 Å². The van der Waals surface area contributed by atoms with E-state index < -0.39 is 0 Å². The lowest BCUT2D eigenvalue weighted by atomic mass is 10.2. The Kier molecular flexibility index (Phi) is 4.26. The fraction of sp³-hybridized carbons (Fsp3) is 0.733. The third-order valence-electron chi connectivity index (χ3n) is 4.69. The van der Waals surface area contributed by atoms with E-state index in [0.29, 0.717) is 19.1 Å². The van der Waals surface area contributed by atoms with Crippen LogP contribution in [0, 0.1) is 0 Å². The van der Waals surface area contributed by atoms with Gasteiger partial charge in [0.2, 0.25) is 5.91 Å². The minimum Gasteiger partial charge on any atom is -0.349 e. The second kappa shape index (κ2) is 6.15. The number of nitrogens with zero attached hydrogens (tertiary/aromatic N) is 3. The van der Waals surface area contributed by atoms with E-state index in [1.807, 2.05) is 0 Å². The summed E-state index contributed by atoms with van der Waals surface area (Å²) < 4.78 is 0. The molecule has 0 bridgehead atoms. The highest BCUT2D eigenvalue weighted by Crippen LogP contribution is 2.22. The molecule has 3 rings (SSSR count). The highest BCUT2D eigenvalue weighted by Gasteiger charge is 2.25. The van der Waals surface area contributed by atoms with E-state index in [0.717, 1.165) is 38.0 Å². The van der Waals surface area contributed by atoms with Crippen LogP contribution in [0.1, 0.15) is 29.8 Å². The van der Waals surface area contributed by atoms with Gasteiger partial charge in [0.15, 0.2) is 0 Å². The van der Waals surface area contributed by atoms with Gasteiger partial charge < -0.3 is 10.2 Å². The molecular formula is C15H25N5O. The van der Waals surface area contributed by atoms with Crippen LogP contribution in [-0.4, -0.2) is 65.7 Å². The lowest BCUT2D eigenvalue weighted by Gasteiger charge is -2.20. The third-order valence-corrected chi connectivity index (χ3v) is 4.69. The quantitative estimate of drug-likeness (QED) is 0.810. The smallest absolute Gasteiger partial charge is 0.234 e. The number of aromatic nitrogens is 2. The number of fused-ring (bicyclic) bond motifs is 1. The minimum atomic E-state index is 0.101. The van der Waals surface area contributed by atoms with Crippen LogP contribution in [0.5, 0.6) is 0 Å². The van der Waals surface area contributed by atoms with Gasteiger partial charge in [0.25, 0.3) is 0 Å². The van der Waals surface area contributed by atoms with Crippen molar-refractivity contribution in [2.45, 2.75) is 38.3 Å². The Morgan fingerprint density at radius 3 is 3.10 bits per heavy atom. The molecule has 1 aromatic rings. The van der Waals surface area contributed by atoms with Gasteiger partial charge in [-0.1, -0.05) is 0 Å². The Hall–Kier alpha value is -1.40. The maximum Gasteiger partial charge on any atom is 0.234 e. The Balaban J connectivity index is 1.45. The molecule has 2 heterocycles. The Morgan fingerprint density at radius 2 is 2.33 bits per heavy atom. The van der Waals surface area contributed by atoms with E-state index in [-0.39, 0.29) is 5.91 Å². The van der Waals surface area contributed by atoms with E-state index in [2.05, 4.69) is 39.4 Å². The number of H-pyrrole nitrogens is 1. The van der Waals surface area contributed by atoms with Gasteiger partial charge in [-0.15, -0.1) is 0 Å². The van der Waals surface area contributed by atoms with Gasteiger partial charge in [0.05, 0.1) is 18.8 Å². The van der Waals surface area contributed by atoms with Crippen molar-refractivity contribution < 1.29 is 4.79 Å². The van der Waals surface area contributed by atoms with E-state index in [1.54, 1.807) is 0 Å². The SMILES string of the molecule is CN(C)C1CCN(CC(=O)NCc2n[nH]c3c2CCC3)C1. The van der Waals surface area contributed by atoms with Gasteiger partial charge in [-0.05, 0) is 45.3 Å². The topological polar surface area (TPSA) is 64.3 Å². The summed E-state index contributed by atoms with van der Waals surface area (Å²) in [6, 6.07) is 0.576. The molecule has 1 unspecified atom stereocenters. The first-order valence-corrected chi connectivity index (χ1v) is 7.84. The molecule has 0 saturated carbocycles.